The molecular weight excluding hydrogens is 240 g/mol. The highest BCUT2D eigenvalue weighted by atomic mass is 16.3. The van der Waals surface area contributed by atoms with Crippen LogP contribution in [0.5, 0.6) is 0 Å². The van der Waals surface area contributed by atoms with Crippen molar-refractivity contribution >= 4 is 11.6 Å². The van der Waals surface area contributed by atoms with Gasteiger partial charge in [-0.1, -0.05) is 6.92 Å². The minimum Gasteiger partial charge on any atom is -0.396 e. The minimum absolute atomic E-state index is 0.281. The first-order valence-electron chi connectivity index (χ1n) is 7.10. The van der Waals surface area contributed by atoms with Crippen molar-refractivity contribution in [2.24, 2.45) is 5.92 Å². The summed E-state index contributed by atoms with van der Waals surface area (Å²) in [6.45, 7) is 6.44. The lowest BCUT2D eigenvalue weighted by atomic mass is 10.1. The van der Waals surface area contributed by atoms with Gasteiger partial charge < -0.3 is 15.3 Å². The summed E-state index contributed by atoms with van der Waals surface area (Å²) in [6.07, 6.45) is 2.87. The van der Waals surface area contributed by atoms with Crippen molar-refractivity contribution in [1.29, 1.82) is 0 Å². The molecule has 2 N–H and O–H groups in total. The van der Waals surface area contributed by atoms with E-state index in [0.29, 0.717) is 5.92 Å². The SMILES string of the molecule is CCc1nc(NC)c(C)c(N2CCC(CCO)C2)n1. The van der Waals surface area contributed by atoms with Crippen molar-refractivity contribution in [3.05, 3.63) is 11.4 Å². The monoisotopic (exact) mass is 264 g/mol. The minimum atomic E-state index is 0.281. The van der Waals surface area contributed by atoms with Crippen molar-refractivity contribution in [1.82, 2.24) is 9.97 Å². The summed E-state index contributed by atoms with van der Waals surface area (Å²) in [5.41, 5.74) is 1.12. The third-order valence-corrected chi connectivity index (χ3v) is 3.84. The largest absolute Gasteiger partial charge is 0.396 e. The van der Waals surface area contributed by atoms with Gasteiger partial charge in [0.2, 0.25) is 0 Å². The lowest BCUT2D eigenvalue weighted by molar-refractivity contribution is 0.263. The maximum Gasteiger partial charge on any atom is 0.137 e. The molecule has 19 heavy (non-hydrogen) atoms. The average molecular weight is 264 g/mol. The van der Waals surface area contributed by atoms with Crippen LogP contribution in [0.3, 0.4) is 0 Å². The van der Waals surface area contributed by atoms with Gasteiger partial charge in [-0.05, 0) is 25.7 Å². The molecule has 1 unspecified atom stereocenters. The predicted octanol–water partition coefficient (Wildman–Crippen LogP) is 1.60. The van der Waals surface area contributed by atoms with Crippen molar-refractivity contribution < 1.29 is 5.11 Å². The maximum atomic E-state index is 9.05. The molecule has 1 aliphatic heterocycles. The Hall–Kier alpha value is -1.36. The second kappa shape index (κ2) is 6.19. The maximum absolute atomic E-state index is 9.05. The molecule has 2 rings (SSSR count). The van der Waals surface area contributed by atoms with Gasteiger partial charge in [0.05, 0.1) is 0 Å². The summed E-state index contributed by atoms with van der Waals surface area (Å²) in [7, 11) is 1.90. The number of rotatable bonds is 5. The van der Waals surface area contributed by atoms with Crippen LogP contribution in [0.2, 0.25) is 0 Å². The first kappa shape index (κ1) is 14.1. The lowest BCUT2D eigenvalue weighted by Gasteiger charge is -2.21. The first-order valence-corrected chi connectivity index (χ1v) is 7.10. The number of aromatic nitrogens is 2. The molecule has 1 saturated heterocycles. The van der Waals surface area contributed by atoms with E-state index in [-0.39, 0.29) is 6.61 Å². The van der Waals surface area contributed by atoms with Crippen molar-refractivity contribution in [3.8, 4) is 0 Å². The molecule has 1 aliphatic rings. The fourth-order valence-electron chi connectivity index (χ4n) is 2.70. The lowest BCUT2D eigenvalue weighted by Crippen LogP contribution is -2.23. The summed E-state index contributed by atoms with van der Waals surface area (Å²) in [6, 6.07) is 0. The Morgan fingerprint density at radius 2 is 2.21 bits per heavy atom. The molecule has 0 amide bonds. The van der Waals surface area contributed by atoms with Crippen molar-refractivity contribution in [3.63, 3.8) is 0 Å². The van der Waals surface area contributed by atoms with Crippen LogP contribution in [-0.2, 0) is 6.42 Å². The highest BCUT2D eigenvalue weighted by Crippen LogP contribution is 2.29. The summed E-state index contributed by atoms with van der Waals surface area (Å²) in [4.78, 5) is 11.5. The molecule has 1 aromatic rings. The second-order valence-electron chi connectivity index (χ2n) is 5.15. The van der Waals surface area contributed by atoms with Gasteiger partial charge in [0.15, 0.2) is 0 Å². The van der Waals surface area contributed by atoms with E-state index in [1.54, 1.807) is 0 Å². The zero-order chi connectivity index (χ0) is 13.8. The molecule has 0 spiro atoms. The molecule has 106 valence electrons. The summed E-state index contributed by atoms with van der Waals surface area (Å²) >= 11 is 0. The zero-order valence-electron chi connectivity index (χ0n) is 12.1. The molecule has 1 aromatic heterocycles. The first-order chi connectivity index (χ1) is 9.19. The van der Waals surface area contributed by atoms with E-state index in [0.717, 1.165) is 55.4 Å². The Morgan fingerprint density at radius 1 is 1.42 bits per heavy atom. The number of aliphatic hydroxyl groups is 1. The summed E-state index contributed by atoms with van der Waals surface area (Å²) in [5, 5.41) is 12.2. The molecule has 5 nitrogen and oxygen atoms in total. The van der Waals surface area contributed by atoms with E-state index in [2.05, 4.69) is 34.0 Å². The molecule has 1 fully saturated rings. The number of aryl methyl sites for hydroxylation is 1. The van der Waals surface area contributed by atoms with Crippen LogP contribution in [0.4, 0.5) is 11.6 Å². The fraction of sp³-hybridized carbons (Fsp3) is 0.714. The Bertz CT molecular complexity index is 436. The van der Waals surface area contributed by atoms with Gasteiger partial charge in [-0.2, -0.15) is 0 Å². The normalized spacial score (nSPS) is 18.9. The number of nitrogens with one attached hydrogen (secondary N) is 1. The van der Waals surface area contributed by atoms with E-state index in [9.17, 15) is 0 Å². The second-order valence-corrected chi connectivity index (χ2v) is 5.15. The Balaban J connectivity index is 2.24. The molecule has 1 atom stereocenters. The van der Waals surface area contributed by atoms with Gasteiger partial charge in [-0.15, -0.1) is 0 Å². The van der Waals surface area contributed by atoms with E-state index in [4.69, 9.17) is 5.11 Å². The molecule has 0 aromatic carbocycles. The Morgan fingerprint density at radius 3 is 2.84 bits per heavy atom. The molecule has 5 heteroatoms. The molecule has 0 saturated carbocycles. The number of nitrogens with zero attached hydrogens (tertiary/aromatic N) is 3. The van der Waals surface area contributed by atoms with Crippen molar-refractivity contribution in [2.45, 2.75) is 33.1 Å². The topological polar surface area (TPSA) is 61.3 Å². The molecule has 0 radical (unpaired) electrons. The number of hydrogen-bond donors (Lipinski definition) is 2. The van der Waals surface area contributed by atoms with E-state index in [1.807, 2.05) is 7.05 Å². The average Bonchev–Trinajstić information content (AvgIpc) is 2.88. The summed E-state index contributed by atoms with van der Waals surface area (Å²) < 4.78 is 0. The van der Waals surface area contributed by atoms with Gasteiger partial charge >= 0.3 is 0 Å². The smallest absolute Gasteiger partial charge is 0.137 e. The van der Waals surface area contributed by atoms with Crippen molar-refractivity contribution in [2.75, 3.05) is 37.0 Å². The van der Waals surface area contributed by atoms with Gasteiger partial charge in [0.1, 0.15) is 17.5 Å². The van der Waals surface area contributed by atoms with Crippen LogP contribution in [-0.4, -0.2) is 41.8 Å². The van der Waals surface area contributed by atoms with E-state index < -0.39 is 0 Å². The van der Waals surface area contributed by atoms with Crippen LogP contribution >= 0.6 is 0 Å². The Labute approximate surface area is 115 Å². The number of aliphatic hydroxyl groups excluding tert-OH is 1. The van der Waals surface area contributed by atoms with E-state index in [1.165, 1.54) is 0 Å². The Kier molecular flexibility index (Phi) is 4.58. The van der Waals surface area contributed by atoms with Crippen LogP contribution in [0.25, 0.3) is 0 Å². The van der Waals surface area contributed by atoms with E-state index >= 15 is 0 Å². The molecule has 0 aliphatic carbocycles. The van der Waals surface area contributed by atoms with Crippen LogP contribution in [0.1, 0.15) is 31.2 Å². The highest BCUT2D eigenvalue weighted by Gasteiger charge is 2.25. The molecule has 2 heterocycles. The standard InChI is InChI=1S/C14H24N4O/c1-4-12-16-13(15-3)10(2)14(17-12)18-7-5-11(9-18)6-8-19/h11,19H,4-9H2,1-3H3,(H,15,16,17). The summed E-state index contributed by atoms with van der Waals surface area (Å²) in [5.74, 6) is 3.45. The highest BCUT2D eigenvalue weighted by molar-refractivity contribution is 5.58. The number of hydrogen-bond acceptors (Lipinski definition) is 5. The van der Waals surface area contributed by atoms with Crippen LogP contribution in [0.15, 0.2) is 0 Å². The van der Waals surface area contributed by atoms with Crippen LogP contribution < -0.4 is 10.2 Å². The number of anilines is 2. The molecule has 0 bridgehead atoms. The quantitative estimate of drug-likeness (QED) is 0.846. The van der Waals surface area contributed by atoms with Gasteiger partial charge in [-0.25, -0.2) is 9.97 Å². The van der Waals surface area contributed by atoms with Gasteiger partial charge in [0.25, 0.3) is 0 Å². The van der Waals surface area contributed by atoms with Crippen LogP contribution in [0, 0.1) is 12.8 Å². The third kappa shape index (κ3) is 2.97. The fourth-order valence-corrected chi connectivity index (χ4v) is 2.70. The third-order valence-electron chi connectivity index (χ3n) is 3.84. The van der Waals surface area contributed by atoms with Gasteiger partial charge in [-0.3, -0.25) is 0 Å². The zero-order valence-corrected chi connectivity index (χ0v) is 12.1. The van der Waals surface area contributed by atoms with Gasteiger partial charge in [0, 0.05) is 38.7 Å². The predicted molar refractivity (Wildman–Crippen MR) is 77.7 cm³/mol. The molecular formula is C14H24N4O.